The zero-order chi connectivity index (χ0) is 36.0. The number of ether oxygens (including phenoxy) is 7. The molecule has 0 bridgehead atoms. The molecule has 5 aromatic rings. The summed E-state index contributed by atoms with van der Waals surface area (Å²) in [5, 5.41) is 0.242. The Hall–Kier alpha value is -4.38. The summed E-state index contributed by atoms with van der Waals surface area (Å²) >= 11 is 6.53. The van der Waals surface area contributed by atoms with Gasteiger partial charge in [-0.15, -0.1) is 0 Å². The predicted molar refractivity (Wildman–Crippen MR) is 198 cm³/mol. The third-order valence-electron chi connectivity index (χ3n) is 8.78. The van der Waals surface area contributed by atoms with E-state index in [4.69, 9.17) is 44.8 Å². The van der Waals surface area contributed by atoms with Gasteiger partial charge in [-0.25, -0.2) is 0 Å². The smallest absolute Gasteiger partial charge is 0.188 e. The Morgan fingerprint density at radius 1 is 0.635 bits per heavy atom. The summed E-state index contributed by atoms with van der Waals surface area (Å²) in [6.07, 6.45) is -2.74. The molecule has 0 spiro atoms. The van der Waals surface area contributed by atoms with Gasteiger partial charge < -0.3 is 33.2 Å². The van der Waals surface area contributed by atoms with Crippen molar-refractivity contribution >= 4 is 17.9 Å². The highest BCUT2D eigenvalue weighted by Gasteiger charge is 2.50. The van der Waals surface area contributed by atoms with Crippen molar-refractivity contribution in [1.29, 1.82) is 0 Å². The van der Waals surface area contributed by atoms with E-state index in [1.165, 1.54) is 7.11 Å². The molecule has 270 valence electrons. The van der Waals surface area contributed by atoms with Crippen LogP contribution in [0.5, 0.6) is 5.75 Å². The highest BCUT2D eigenvalue weighted by Crippen LogP contribution is 2.43. The quantitative estimate of drug-likeness (QED) is 0.0658. The summed E-state index contributed by atoms with van der Waals surface area (Å²) in [7, 11) is 1.53. The lowest BCUT2D eigenvalue weighted by atomic mass is 9.89. The van der Waals surface area contributed by atoms with Crippen molar-refractivity contribution < 1.29 is 38.0 Å². The van der Waals surface area contributed by atoms with E-state index in [0.717, 1.165) is 22.3 Å². The van der Waals surface area contributed by atoms with Crippen LogP contribution in [-0.2, 0) is 54.8 Å². The minimum Gasteiger partial charge on any atom is -0.467 e. The SMILES string of the molecule is COCOc1cc(Cl)c(C=O)cc1C1O[C@H](COCc2ccccc2)[C@@H](OCc2ccccc2)[C@H](OCc2ccccc2)[C@H]1OCc1ccccc1. The van der Waals surface area contributed by atoms with Crippen LogP contribution < -0.4 is 4.74 Å². The topological polar surface area (TPSA) is 81.7 Å². The van der Waals surface area contributed by atoms with Crippen LogP contribution in [0.3, 0.4) is 0 Å². The molecule has 9 heteroatoms. The van der Waals surface area contributed by atoms with E-state index >= 15 is 0 Å². The van der Waals surface area contributed by atoms with Gasteiger partial charge in [0.2, 0.25) is 0 Å². The molecule has 0 aromatic heterocycles. The van der Waals surface area contributed by atoms with Crippen LogP contribution in [0.15, 0.2) is 133 Å². The molecule has 52 heavy (non-hydrogen) atoms. The molecule has 1 unspecified atom stereocenters. The molecule has 1 heterocycles. The lowest BCUT2D eigenvalue weighted by Crippen LogP contribution is -2.58. The van der Waals surface area contributed by atoms with Crippen molar-refractivity contribution in [3.63, 3.8) is 0 Å². The Morgan fingerprint density at radius 2 is 1.12 bits per heavy atom. The maximum absolute atomic E-state index is 12.2. The average molecular weight is 723 g/mol. The number of aldehydes is 1. The highest BCUT2D eigenvalue weighted by atomic mass is 35.5. The zero-order valence-electron chi connectivity index (χ0n) is 29.1. The maximum Gasteiger partial charge on any atom is 0.188 e. The molecule has 0 N–H and O–H groups in total. The molecule has 0 radical (unpaired) electrons. The van der Waals surface area contributed by atoms with Crippen LogP contribution in [-0.4, -0.2) is 51.2 Å². The average Bonchev–Trinajstić information content (AvgIpc) is 3.19. The van der Waals surface area contributed by atoms with Gasteiger partial charge in [0.05, 0.1) is 38.1 Å². The summed E-state index contributed by atoms with van der Waals surface area (Å²) in [6, 6.07) is 43.1. The summed E-state index contributed by atoms with van der Waals surface area (Å²) < 4.78 is 45.1. The molecule has 0 saturated carbocycles. The van der Waals surface area contributed by atoms with E-state index < -0.39 is 30.5 Å². The number of methoxy groups -OCH3 is 1. The van der Waals surface area contributed by atoms with E-state index in [9.17, 15) is 4.79 Å². The Bertz CT molecular complexity index is 1790. The van der Waals surface area contributed by atoms with E-state index in [0.29, 0.717) is 37.4 Å². The first kappa shape index (κ1) is 37.4. The van der Waals surface area contributed by atoms with E-state index in [-0.39, 0.29) is 30.6 Å². The number of halogens is 1. The molecule has 1 aliphatic heterocycles. The first-order valence-electron chi connectivity index (χ1n) is 17.3. The summed E-state index contributed by atoms with van der Waals surface area (Å²) in [5.41, 5.74) is 4.84. The maximum atomic E-state index is 12.2. The van der Waals surface area contributed by atoms with Gasteiger partial charge in [-0.2, -0.15) is 0 Å². The second kappa shape index (κ2) is 19.5. The minimum absolute atomic E-state index is 0.0492. The number of benzene rings is 5. The Balaban J connectivity index is 1.42. The van der Waals surface area contributed by atoms with Gasteiger partial charge in [0, 0.05) is 18.2 Å². The summed E-state index contributed by atoms with van der Waals surface area (Å²) in [6.45, 7) is 1.37. The molecule has 1 aliphatic rings. The lowest BCUT2D eigenvalue weighted by Gasteiger charge is -2.46. The van der Waals surface area contributed by atoms with Crippen LogP contribution in [0.25, 0.3) is 0 Å². The third kappa shape index (κ3) is 10.1. The normalized spacial score (nSPS) is 20.0. The first-order chi connectivity index (χ1) is 25.6. The summed E-state index contributed by atoms with van der Waals surface area (Å²) in [4.78, 5) is 12.2. The fourth-order valence-electron chi connectivity index (χ4n) is 6.19. The Labute approximate surface area is 310 Å². The Kier molecular flexibility index (Phi) is 14.0. The van der Waals surface area contributed by atoms with Crippen LogP contribution in [0.1, 0.15) is 44.3 Å². The number of hydrogen-bond acceptors (Lipinski definition) is 8. The van der Waals surface area contributed by atoms with Crippen LogP contribution in [0, 0.1) is 0 Å². The molecular weight excluding hydrogens is 680 g/mol. The molecule has 1 fully saturated rings. The van der Waals surface area contributed by atoms with Crippen molar-refractivity contribution in [3.8, 4) is 5.75 Å². The lowest BCUT2D eigenvalue weighted by molar-refractivity contribution is -0.275. The van der Waals surface area contributed by atoms with Crippen molar-refractivity contribution in [2.75, 3.05) is 20.5 Å². The number of rotatable bonds is 18. The van der Waals surface area contributed by atoms with Crippen LogP contribution in [0.2, 0.25) is 5.02 Å². The standard InChI is InChI=1S/C43H43ClO8/c1-46-30-51-38-23-37(44)35(24-45)22-36(38)40-42(49-27-33-18-10-4-11-19-33)43(50-28-34-20-12-5-13-21-34)41(48-26-32-16-8-3-9-17-32)39(52-40)29-47-25-31-14-6-2-7-15-31/h2-24,39-43H,25-30H2,1H3/t39-,40?,41-,42+,43+/m1/s1. The molecular formula is C43H43ClO8. The molecule has 6 rings (SSSR count). The van der Waals surface area contributed by atoms with Crippen molar-refractivity contribution in [1.82, 2.24) is 0 Å². The van der Waals surface area contributed by atoms with Gasteiger partial charge in [0.15, 0.2) is 13.1 Å². The third-order valence-corrected chi connectivity index (χ3v) is 9.11. The second-order valence-electron chi connectivity index (χ2n) is 12.5. The molecule has 8 nitrogen and oxygen atoms in total. The van der Waals surface area contributed by atoms with Crippen molar-refractivity contribution in [2.45, 2.75) is 56.9 Å². The highest BCUT2D eigenvalue weighted by molar-refractivity contribution is 6.33. The largest absolute Gasteiger partial charge is 0.467 e. The molecule has 0 amide bonds. The fraction of sp³-hybridized carbons (Fsp3) is 0.279. The van der Waals surface area contributed by atoms with Crippen LogP contribution in [0.4, 0.5) is 0 Å². The van der Waals surface area contributed by atoms with Crippen molar-refractivity contribution in [2.24, 2.45) is 0 Å². The number of carbonyl (C=O) groups is 1. The van der Waals surface area contributed by atoms with Gasteiger partial charge >= 0.3 is 0 Å². The van der Waals surface area contributed by atoms with Gasteiger partial charge in [0.1, 0.15) is 36.3 Å². The van der Waals surface area contributed by atoms with E-state index in [1.807, 2.05) is 121 Å². The monoisotopic (exact) mass is 722 g/mol. The summed E-state index contributed by atoms with van der Waals surface area (Å²) in [5.74, 6) is 0.394. The fourth-order valence-corrected chi connectivity index (χ4v) is 6.39. The van der Waals surface area contributed by atoms with Gasteiger partial charge in [-0.1, -0.05) is 133 Å². The number of carbonyl (C=O) groups excluding carboxylic acids is 1. The molecule has 0 aliphatic carbocycles. The van der Waals surface area contributed by atoms with Gasteiger partial charge in [-0.05, 0) is 34.4 Å². The van der Waals surface area contributed by atoms with Crippen LogP contribution >= 0.6 is 11.6 Å². The molecule has 5 atom stereocenters. The molecule has 1 saturated heterocycles. The van der Waals surface area contributed by atoms with Crippen molar-refractivity contribution in [3.05, 3.63) is 172 Å². The minimum atomic E-state index is -0.797. The molecule has 5 aromatic carbocycles. The van der Waals surface area contributed by atoms with E-state index in [1.54, 1.807) is 12.1 Å². The van der Waals surface area contributed by atoms with Gasteiger partial charge in [-0.3, -0.25) is 4.79 Å². The number of hydrogen-bond donors (Lipinski definition) is 0. The van der Waals surface area contributed by atoms with Gasteiger partial charge in [0.25, 0.3) is 0 Å². The predicted octanol–water partition coefficient (Wildman–Crippen LogP) is 8.55. The Morgan fingerprint density at radius 3 is 1.62 bits per heavy atom. The first-order valence-corrected chi connectivity index (χ1v) is 17.6. The van der Waals surface area contributed by atoms with E-state index in [2.05, 4.69) is 0 Å². The second-order valence-corrected chi connectivity index (χ2v) is 12.9. The zero-order valence-corrected chi connectivity index (χ0v) is 29.8.